The minimum absolute atomic E-state index is 0.0408. The van der Waals surface area contributed by atoms with Crippen LogP contribution in [-0.2, 0) is 14.3 Å². The molecule has 7 heteroatoms. The third kappa shape index (κ3) is 5.18. The summed E-state index contributed by atoms with van der Waals surface area (Å²) in [6.45, 7) is 1.78. The SMILES string of the molecule is C[C@@H](NC(=O)OCC1c2ccccc2-c2ccccc21)C(=O)NC1CCCCC1CC(=O)O. The van der Waals surface area contributed by atoms with E-state index in [0.29, 0.717) is 0 Å². The van der Waals surface area contributed by atoms with Gasteiger partial charge in [0.2, 0.25) is 5.91 Å². The van der Waals surface area contributed by atoms with Gasteiger partial charge < -0.3 is 20.5 Å². The number of hydrogen-bond donors (Lipinski definition) is 3. The highest BCUT2D eigenvalue weighted by molar-refractivity contribution is 5.85. The molecule has 2 unspecified atom stereocenters. The Morgan fingerprint density at radius 3 is 2.24 bits per heavy atom. The summed E-state index contributed by atoms with van der Waals surface area (Å²) in [5.41, 5.74) is 4.55. The highest BCUT2D eigenvalue weighted by Gasteiger charge is 2.31. The molecule has 0 saturated heterocycles. The summed E-state index contributed by atoms with van der Waals surface area (Å²) in [4.78, 5) is 36.2. The second-order valence-corrected chi connectivity index (χ2v) is 8.95. The molecular weight excluding hydrogens is 420 g/mol. The fourth-order valence-electron chi connectivity index (χ4n) is 5.06. The molecule has 0 radical (unpaired) electrons. The summed E-state index contributed by atoms with van der Waals surface area (Å²) < 4.78 is 5.52. The zero-order valence-corrected chi connectivity index (χ0v) is 18.8. The lowest BCUT2D eigenvalue weighted by atomic mass is 9.82. The van der Waals surface area contributed by atoms with Gasteiger partial charge in [-0.25, -0.2) is 4.79 Å². The van der Waals surface area contributed by atoms with Crippen LogP contribution in [0.3, 0.4) is 0 Å². The van der Waals surface area contributed by atoms with Gasteiger partial charge in [-0.05, 0) is 47.9 Å². The Morgan fingerprint density at radius 2 is 1.61 bits per heavy atom. The van der Waals surface area contributed by atoms with E-state index in [1.165, 1.54) is 0 Å². The van der Waals surface area contributed by atoms with Crippen molar-refractivity contribution in [1.29, 1.82) is 0 Å². The fraction of sp³-hybridized carbons (Fsp3) is 0.423. The Bertz CT molecular complexity index is 991. The molecule has 1 fully saturated rings. The smallest absolute Gasteiger partial charge is 0.407 e. The van der Waals surface area contributed by atoms with Crippen molar-refractivity contribution in [3.05, 3.63) is 59.7 Å². The van der Waals surface area contributed by atoms with Crippen molar-refractivity contribution >= 4 is 18.0 Å². The highest BCUT2D eigenvalue weighted by atomic mass is 16.5. The molecule has 3 atom stereocenters. The van der Waals surface area contributed by atoms with E-state index in [1.54, 1.807) is 6.92 Å². The molecule has 0 heterocycles. The van der Waals surface area contributed by atoms with Gasteiger partial charge >= 0.3 is 12.1 Å². The summed E-state index contributed by atoms with van der Waals surface area (Å²) in [5.74, 6) is -1.31. The number of alkyl carbamates (subject to hydrolysis) is 1. The van der Waals surface area contributed by atoms with Crippen molar-refractivity contribution in [3.8, 4) is 11.1 Å². The van der Waals surface area contributed by atoms with Crippen molar-refractivity contribution in [3.63, 3.8) is 0 Å². The monoisotopic (exact) mass is 450 g/mol. The quantitative estimate of drug-likeness (QED) is 0.590. The molecule has 2 aromatic rings. The first kappa shape index (κ1) is 22.8. The van der Waals surface area contributed by atoms with Crippen LogP contribution in [0, 0.1) is 5.92 Å². The van der Waals surface area contributed by atoms with Gasteiger partial charge in [0.15, 0.2) is 0 Å². The number of aliphatic carboxylic acids is 1. The van der Waals surface area contributed by atoms with Crippen LogP contribution in [0.1, 0.15) is 56.1 Å². The molecule has 2 amide bonds. The van der Waals surface area contributed by atoms with Crippen LogP contribution in [0.2, 0.25) is 0 Å². The average molecular weight is 451 g/mol. The molecule has 3 N–H and O–H groups in total. The fourth-order valence-corrected chi connectivity index (χ4v) is 5.06. The molecule has 2 aromatic carbocycles. The van der Waals surface area contributed by atoms with Crippen molar-refractivity contribution in [2.24, 2.45) is 5.92 Å². The number of carbonyl (C=O) groups excluding carboxylic acids is 2. The number of amides is 2. The first-order valence-corrected chi connectivity index (χ1v) is 11.6. The molecule has 0 bridgehead atoms. The molecule has 174 valence electrons. The minimum atomic E-state index is -0.856. The Hall–Kier alpha value is -3.35. The van der Waals surface area contributed by atoms with E-state index in [9.17, 15) is 14.4 Å². The van der Waals surface area contributed by atoms with Crippen LogP contribution >= 0.6 is 0 Å². The van der Waals surface area contributed by atoms with Gasteiger partial charge in [-0.3, -0.25) is 9.59 Å². The number of carboxylic acids is 1. The van der Waals surface area contributed by atoms with Gasteiger partial charge in [0.1, 0.15) is 12.6 Å². The van der Waals surface area contributed by atoms with Crippen molar-refractivity contribution in [2.45, 2.75) is 57.0 Å². The van der Waals surface area contributed by atoms with Gasteiger partial charge in [0, 0.05) is 12.0 Å². The van der Waals surface area contributed by atoms with Gasteiger partial charge in [0.25, 0.3) is 0 Å². The number of fused-ring (bicyclic) bond motifs is 3. The summed E-state index contributed by atoms with van der Waals surface area (Å²) in [5, 5.41) is 14.7. The Morgan fingerprint density at radius 1 is 1.00 bits per heavy atom. The normalized spacial score (nSPS) is 20.3. The third-order valence-electron chi connectivity index (χ3n) is 6.74. The molecule has 2 aliphatic rings. The molecular formula is C26H30N2O5. The number of benzene rings is 2. The van der Waals surface area contributed by atoms with Crippen LogP contribution in [0.25, 0.3) is 11.1 Å². The zero-order valence-electron chi connectivity index (χ0n) is 18.8. The van der Waals surface area contributed by atoms with Gasteiger partial charge in [0.05, 0.1) is 6.42 Å². The second-order valence-electron chi connectivity index (χ2n) is 8.95. The molecule has 1 saturated carbocycles. The number of carboxylic acid groups (broad SMARTS) is 1. The van der Waals surface area contributed by atoms with Crippen molar-refractivity contribution < 1.29 is 24.2 Å². The van der Waals surface area contributed by atoms with Crippen LogP contribution < -0.4 is 10.6 Å². The Kier molecular flexibility index (Phi) is 6.96. The molecule has 33 heavy (non-hydrogen) atoms. The van der Waals surface area contributed by atoms with Gasteiger partial charge in [-0.15, -0.1) is 0 Å². The largest absolute Gasteiger partial charge is 0.481 e. The standard InChI is InChI=1S/C26H30N2O5/c1-16(25(31)28-23-13-7-2-8-17(23)14-24(29)30)27-26(32)33-15-22-20-11-5-3-9-18(20)19-10-4-6-12-21(19)22/h3-6,9-12,16-17,22-23H,2,7-8,13-15H2,1H3,(H,27,32)(H,28,31)(H,29,30)/t16-,17?,23?/m1/s1. The highest BCUT2D eigenvalue weighted by Crippen LogP contribution is 2.44. The predicted octanol–water partition coefficient (Wildman–Crippen LogP) is 4.06. The number of hydrogen-bond acceptors (Lipinski definition) is 4. The van der Waals surface area contributed by atoms with E-state index < -0.39 is 18.1 Å². The van der Waals surface area contributed by atoms with Crippen LogP contribution in [0.15, 0.2) is 48.5 Å². The maximum Gasteiger partial charge on any atom is 0.407 e. The summed E-state index contributed by atoms with van der Waals surface area (Å²) in [7, 11) is 0. The number of ether oxygens (including phenoxy) is 1. The van der Waals surface area contributed by atoms with E-state index >= 15 is 0 Å². The molecule has 0 aromatic heterocycles. The third-order valence-corrected chi connectivity index (χ3v) is 6.74. The lowest BCUT2D eigenvalue weighted by molar-refractivity contribution is -0.139. The summed E-state index contributed by atoms with van der Waals surface area (Å²) in [6, 6.07) is 15.2. The van der Waals surface area contributed by atoms with E-state index in [1.807, 2.05) is 24.3 Å². The predicted molar refractivity (Wildman–Crippen MR) is 124 cm³/mol. The van der Waals surface area contributed by atoms with Crippen LogP contribution in [0.5, 0.6) is 0 Å². The molecule has 4 rings (SSSR count). The topological polar surface area (TPSA) is 105 Å². The van der Waals surface area contributed by atoms with Gasteiger partial charge in [-0.1, -0.05) is 61.4 Å². The lowest BCUT2D eigenvalue weighted by Crippen LogP contribution is -2.51. The number of rotatable bonds is 7. The van der Waals surface area contributed by atoms with Gasteiger partial charge in [-0.2, -0.15) is 0 Å². The Labute approximate surface area is 193 Å². The van der Waals surface area contributed by atoms with Crippen LogP contribution in [-0.4, -0.2) is 41.8 Å². The average Bonchev–Trinajstić information content (AvgIpc) is 3.12. The maximum absolute atomic E-state index is 12.6. The van der Waals surface area contributed by atoms with E-state index in [-0.39, 0.29) is 36.8 Å². The molecule has 0 spiro atoms. The summed E-state index contributed by atoms with van der Waals surface area (Å²) >= 11 is 0. The Balaban J connectivity index is 1.32. The second kappa shape index (κ2) is 10.1. The zero-order chi connectivity index (χ0) is 23.4. The molecule has 7 nitrogen and oxygen atoms in total. The maximum atomic E-state index is 12.6. The molecule has 2 aliphatic carbocycles. The molecule has 0 aliphatic heterocycles. The minimum Gasteiger partial charge on any atom is -0.481 e. The van der Waals surface area contributed by atoms with E-state index in [4.69, 9.17) is 9.84 Å². The number of nitrogens with one attached hydrogen (secondary N) is 2. The number of carbonyl (C=O) groups is 3. The summed E-state index contributed by atoms with van der Waals surface area (Å²) in [6.07, 6.45) is 2.85. The van der Waals surface area contributed by atoms with E-state index in [0.717, 1.165) is 47.9 Å². The first-order valence-electron chi connectivity index (χ1n) is 11.6. The van der Waals surface area contributed by atoms with Crippen LogP contribution in [0.4, 0.5) is 4.79 Å². The van der Waals surface area contributed by atoms with Crippen molar-refractivity contribution in [1.82, 2.24) is 10.6 Å². The van der Waals surface area contributed by atoms with Crippen molar-refractivity contribution in [2.75, 3.05) is 6.61 Å². The first-order chi connectivity index (χ1) is 15.9. The van der Waals surface area contributed by atoms with E-state index in [2.05, 4.69) is 34.9 Å². The lowest BCUT2D eigenvalue weighted by Gasteiger charge is -2.32.